The highest BCUT2D eigenvalue weighted by molar-refractivity contribution is 7.09. The Bertz CT molecular complexity index is 1150. The third kappa shape index (κ3) is 5.95. The van der Waals surface area contributed by atoms with E-state index in [4.69, 9.17) is 4.74 Å². The van der Waals surface area contributed by atoms with E-state index in [1.165, 1.54) is 6.07 Å². The smallest absolute Gasteiger partial charge is 0.271 e. The van der Waals surface area contributed by atoms with Crippen molar-refractivity contribution in [1.82, 2.24) is 9.88 Å². The first kappa shape index (κ1) is 22.5. The molecule has 33 heavy (non-hydrogen) atoms. The number of hydrogen-bond acceptors (Lipinski definition) is 7. The Kier molecular flexibility index (Phi) is 6.99. The van der Waals surface area contributed by atoms with Crippen LogP contribution in [0.4, 0.5) is 11.4 Å². The SMILES string of the molecule is Cc1nc(COc2ccc(/C=C/C(=O)N3CCN(c4cccc([N+](=O)[O-])c4)CC3)cc2)cs1. The number of aromatic nitrogens is 1. The fourth-order valence-electron chi connectivity index (χ4n) is 3.57. The maximum Gasteiger partial charge on any atom is 0.271 e. The van der Waals surface area contributed by atoms with Crippen LogP contribution in [0.25, 0.3) is 6.08 Å². The maximum atomic E-state index is 12.6. The highest BCUT2D eigenvalue weighted by Crippen LogP contribution is 2.22. The zero-order chi connectivity index (χ0) is 23.2. The monoisotopic (exact) mass is 464 g/mol. The minimum absolute atomic E-state index is 0.0482. The molecule has 0 radical (unpaired) electrons. The predicted molar refractivity (Wildman–Crippen MR) is 129 cm³/mol. The second-order valence-electron chi connectivity index (χ2n) is 7.64. The summed E-state index contributed by atoms with van der Waals surface area (Å²) >= 11 is 1.60. The quantitative estimate of drug-likeness (QED) is 0.294. The number of ether oxygens (including phenoxy) is 1. The summed E-state index contributed by atoms with van der Waals surface area (Å²) in [5.74, 6) is 0.703. The van der Waals surface area contributed by atoms with Crippen molar-refractivity contribution in [3.05, 3.63) is 86.4 Å². The third-order valence-electron chi connectivity index (χ3n) is 5.35. The van der Waals surface area contributed by atoms with Crippen LogP contribution in [-0.4, -0.2) is 46.9 Å². The highest BCUT2D eigenvalue weighted by Gasteiger charge is 2.21. The molecule has 0 unspecified atom stereocenters. The summed E-state index contributed by atoms with van der Waals surface area (Å²) in [6.07, 6.45) is 3.37. The number of anilines is 1. The first-order valence-corrected chi connectivity index (χ1v) is 11.5. The second kappa shape index (κ2) is 10.3. The van der Waals surface area contributed by atoms with E-state index in [0.717, 1.165) is 27.7 Å². The van der Waals surface area contributed by atoms with Crippen LogP contribution < -0.4 is 9.64 Å². The lowest BCUT2D eigenvalue weighted by Gasteiger charge is -2.35. The van der Waals surface area contributed by atoms with E-state index < -0.39 is 4.92 Å². The Hall–Kier alpha value is -3.72. The zero-order valence-corrected chi connectivity index (χ0v) is 19.0. The number of piperazine rings is 1. The molecule has 0 saturated carbocycles. The molecule has 1 aliphatic rings. The first-order chi connectivity index (χ1) is 16.0. The minimum atomic E-state index is -0.394. The number of hydrogen-bond donors (Lipinski definition) is 0. The van der Waals surface area contributed by atoms with Gasteiger partial charge in [0.1, 0.15) is 12.4 Å². The van der Waals surface area contributed by atoms with Crippen LogP contribution in [0.1, 0.15) is 16.3 Å². The lowest BCUT2D eigenvalue weighted by molar-refractivity contribution is -0.384. The normalized spacial score (nSPS) is 14.0. The molecular weight excluding hydrogens is 440 g/mol. The van der Waals surface area contributed by atoms with Crippen LogP contribution in [0, 0.1) is 17.0 Å². The molecule has 4 rings (SSSR count). The topological polar surface area (TPSA) is 88.8 Å². The van der Waals surface area contributed by atoms with Gasteiger partial charge in [-0.25, -0.2) is 4.98 Å². The second-order valence-corrected chi connectivity index (χ2v) is 8.70. The number of nitro groups is 1. The van der Waals surface area contributed by atoms with Gasteiger partial charge in [0.15, 0.2) is 0 Å². The Morgan fingerprint density at radius 2 is 1.94 bits per heavy atom. The number of benzene rings is 2. The van der Waals surface area contributed by atoms with E-state index in [1.807, 2.05) is 42.6 Å². The third-order valence-corrected chi connectivity index (χ3v) is 6.17. The number of non-ortho nitro benzene ring substituents is 1. The van der Waals surface area contributed by atoms with Crippen molar-refractivity contribution in [1.29, 1.82) is 0 Å². The molecule has 0 N–H and O–H groups in total. The van der Waals surface area contributed by atoms with Crippen molar-refractivity contribution in [3.63, 3.8) is 0 Å². The molecule has 1 saturated heterocycles. The van der Waals surface area contributed by atoms with Gasteiger partial charge in [-0.1, -0.05) is 18.2 Å². The largest absolute Gasteiger partial charge is 0.487 e. The van der Waals surface area contributed by atoms with E-state index in [2.05, 4.69) is 9.88 Å². The average Bonchev–Trinajstić information content (AvgIpc) is 3.27. The molecule has 1 aromatic heterocycles. The van der Waals surface area contributed by atoms with Gasteiger partial charge in [-0.05, 0) is 36.8 Å². The molecule has 170 valence electrons. The number of rotatable bonds is 7. The standard InChI is InChI=1S/C24H24N4O4S/c1-18-25-20(17-33-18)16-32-23-8-5-19(6-9-23)7-10-24(29)27-13-11-26(12-14-27)21-3-2-4-22(15-21)28(30)31/h2-10,15,17H,11-14,16H2,1H3/b10-7+. The molecule has 8 nitrogen and oxygen atoms in total. The van der Waals surface area contributed by atoms with E-state index in [9.17, 15) is 14.9 Å². The molecule has 9 heteroatoms. The molecule has 2 aromatic carbocycles. The lowest BCUT2D eigenvalue weighted by atomic mass is 10.2. The van der Waals surface area contributed by atoms with Crippen LogP contribution in [0.15, 0.2) is 60.0 Å². The maximum absolute atomic E-state index is 12.6. The predicted octanol–water partition coefficient (Wildman–Crippen LogP) is 4.30. The molecule has 0 spiro atoms. The van der Waals surface area contributed by atoms with Crippen LogP contribution >= 0.6 is 11.3 Å². The van der Waals surface area contributed by atoms with Crippen molar-refractivity contribution in [2.45, 2.75) is 13.5 Å². The number of carbonyl (C=O) groups excluding carboxylic acids is 1. The van der Waals surface area contributed by atoms with Crippen molar-refractivity contribution in [2.24, 2.45) is 0 Å². The fourth-order valence-corrected chi connectivity index (χ4v) is 4.17. The summed E-state index contributed by atoms with van der Waals surface area (Å²) in [5.41, 5.74) is 2.70. The van der Waals surface area contributed by atoms with Crippen molar-refractivity contribution >= 4 is 34.7 Å². The Labute approximate surface area is 195 Å². The van der Waals surface area contributed by atoms with Gasteiger partial charge in [0.25, 0.3) is 5.69 Å². The van der Waals surface area contributed by atoms with Gasteiger partial charge in [-0.15, -0.1) is 11.3 Å². The van der Waals surface area contributed by atoms with Crippen LogP contribution in [0.2, 0.25) is 0 Å². The first-order valence-electron chi connectivity index (χ1n) is 10.6. The fraction of sp³-hybridized carbons (Fsp3) is 0.250. The molecule has 1 fully saturated rings. The molecule has 0 bridgehead atoms. The molecular formula is C24H24N4O4S. The summed E-state index contributed by atoms with van der Waals surface area (Å²) in [4.78, 5) is 31.4. The summed E-state index contributed by atoms with van der Waals surface area (Å²) in [6.45, 7) is 4.79. The molecule has 2 heterocycles. The molecule has 1 aliphatic heterocycles. The molecule has 0 aliphatic carbocycles. The van der Waals surface area contributed by atoms with Crippen molar-refractivity contribution < 1.29 is 14.5 Å². The Morgan fingerprint density at radius 1 is 1.18 bits per heavy atom. The Balaban J connectivity index is 1.26. The number of nitro benzene ring substituents is 1. The zero-order valence-electron chi connectivity index (χ0n) is 18.2. The molecule has 3 aromatic rings. The van der Waals surface area contributed by atoms with Gasteiger partial charge >= 0.3 is 0 Å². The van der Waals surface area contributed by atoms with E-state index >= 15 is 0 Å². The summed E-state index contributed by atoms with van der Waals surface area (Å²) in [6, 6.07) is 14.2. The Morgan fingerprint density at radius 3 is 2.61 bits per heavy atom. The van der Waals surface area contributed by atoms with Crippen LogP contribution in [-0.2, 0) is 11.4 Å². The minimum Gasteiger partial charge on any atom is -0.487 e. The van der Waals surface area contributed by atoms with E-state index in [0.29, 0.717) is 32.8 Å². The summed E-state index contributed by atoms with van der Waals surface area (Å²) in [7, 11) is 0. The van der Waals surface area contributed by atoms with Gasteiger partial charge in [0.05, 0.1) is 15.6 Å². The molecule has 0 atom stereocenters. The van der Waals surface area contributed by atoms with Crippen LogP contribution in [0.3, 0.4) is 0 Å². The highest BCUT2D eigenvalue weighted by atomic mass is 32.1. The summed E-state index contributed by atoms with van der Waals surface area (Å²) in [5, 5.41) is 14.0. The summed E-state index contributed by atoms with van der Waals surface area (Å²) < 4.78 is 5.75. The van der Waals surface area contributed by atoms with Gasteiger partial charge in [-0.2, -0.15) is 0 Å². The number of nitrogens with zero attached hydrogens (tertiary/aromatic N) is 4. The van der Waals surface area contributed by atoms with Crippen LogP contribution in [0.5, 0.6) is 5.75 Å². The van der Waals surface area contributed by atoms with E-state index in [1.54, 1.807) is 40.5 Å². The lowest BCUT2D eigenvalue weighted by Crippen LogP contribution is -2.48. The number of thiazole rings is 1. The molecule has 1 amide bonds. The van der Waals surface area contributed by atoms with Crippen molar-refractivity contribution in [2.75, 3.05) is 31.1 Å². The van der Waals surface area contributed by atoms with E-state index in [-0.39, 0.29) is 11.6 Å². The van der Waals surface area contributed by atoms with Gasteiger partial charge in [-0.3, -0.25) is 14.9 Å². The van der Waals surface area contributed by atoms with Gasteiger partial charge in [0, 0.05) is 55.5 Å². The number of amides is 1. The average molecular weight is 465 g/mol. The number of aryl methyl sites for hydroxylation is 1. The number of carbonyl (C=O) groups is 1. The van der Waals surface area contributed by atoms with Gasteiger partial charge < -0.3 is 14.5 Å². The van der Waals surface area contributed by atoms with Gasteiger partial charge in [0.2, 0.25) is 5.91 Å². The van der Waals surface area contributed by atoms with Crippen molar-refractivity contribution in [3.8, 4) is 5.75 Å².